The van der Waals surface area contributed by atoms with Crippen molar-refractivity contribution < 1.29 is 0 Å². The summed E-state index contributed by atoms with van der Waals surface area (Å²) in [5, 5.41) is 11.5. The maximum Gasteiger partial charge on any atom is 0.151 e. The molecule has 0 amide bonds. The summed E-state index contributed by atoms with van der Waals surface area (Å²) in [4.78, 5) is 2.26. The standard InChI is InChI=1S/C9H13BrN4/c10-8-2-3-9(13-12-8)14-6-1-4-11-5-7-14/h2-3,11H,1,4-7H2. The largest absolute Gasteiger partial charge is 0.354 e. The Morgan fingerprint density at radius 2 is 2.14 bits per heavy atom. The fraction of sp³-hybridized carbons (Fsp3) is 0.556. The first-order valence-electron chi connectivity index (χ1n) is 4.81. The van der Waals surface area contributed by atoms with E-state index in [1.54, 1.807) is 0 Å². The van der Waals surface area contributed by atoms with Crippen molar-refractivity contribution in [3.8, 4) is 0 Å². The number of aromatic nitrogens is 2. The Morgan fingerprint density at radius 3 is 2.93 bits per heavy atom. The van der Waals surface area contributed by atoms with Crippen LogP contribution < -0.4 is 10.2 Å². The van der Waals surface area contributed by atoms with E-state index in [0.717, 1.165) is 43.0 Å². The lowest BCUT2D eigenvalue weighted by molar-refractivity contribution is 0.724. The second kappa shape index (κ2) is 4.70. The minimum atomic E-state index is 0.786. The minimum Gasteiger partial charge on any atom is -0.354 e. The van der Waals surface area contributed by atoms with E-state index in [2.05, 4.69) is 36.3 Å². The Balaban J connectivity index is 2.08. The molecule has 76 valence electrons. The lowest BCUT2D eigenvalue weighted by Gasteiger charge is -2.19. The number of nitrogens with one attached hydrogen (secondary N) is 1. The van der Waals surface area contributed by atoms with Gasteiger partial charge in [-0.1, -0.05) is 0 Å². The highest BCUT2D eigenvalue weighted by Gasteiger charge is 2.10. The molecular weight excluding hydrogens is 244 g/mol. The van der Waals surface area contributed by atoms with Crippen LogP contribution in [0, 0.1) is 0 Å². The van der Waals surface area contributed by atoms with Gasteiger partial charge in [-0.3, -0.25) is 0 Å². The van der Waals surface area contributed by atoms with Crippen LogP contribution in [0.4, 0.5) is 5.82 Å². The first-order chi connectivity index (χ1) is 6.86. The third-order valence-corrected chi connectivity index (χ3v) is 2.70. The van der Waals surface area contributed by atoms with Crippen LogP contribution in [0.3, 0.4) is 0 Å². The zero-order chi connectivity index (χ0) is 9.80. The predicted octanol–water partition coefficient (Wildman–Crippen LogP) is 1.04. The van der Waals surface area contributed by atoms with Crippen molar-refractivity contribution in [1.82, 2.24) is 15.5 Å². The van der Waals surface area contributed by atoms with Gasteiger partial charge in [0.25, 0.3) is 0 Å². The van der Waals surface area contributed by atoms with Gasteiger partial charge >= 0.3 is 0 Å². The molecule has 14 heavy (non-hydrogen) atoms. The van der Waals surface area contributed by atoms with Crippen molar-refractivity contribution in [2.75, 3.05) is 31.1 Å². The number of rotatable bonds is 1. The van der Waals surface area contributed by atoms with Gasteiger partial charge in [0, 0.05) is 19.6 Å². The van der Waals surface area contributed by atoms with E-state index < -0.39 is 0 Å². The zero-order valence-electron chi connectivity index (χ0n) is 7.91. The molecule has 1 aliphatic rings. The topological polar surface area (TPSA) is 41.0 Å². The Hall–Kier alpha value is -0.680. The molecular formula is C9H13BrN4. The lowest BCUT2D eigenvalue weighted by atomic mass is 10.4. The molecule has 1 saturated heterocycles. The van der Waals surface area contributed by atoms with Gasteiger partial charge in [-0.25, -0.2) is 0 Å². The Kier molecular flexibility index (Phi) is 3.31. The molecule has 1 aromatic heterocycles. The van der Waals surface area contributed by atoms with Crippen LogP contribution in [-0.2, 0) is 0 Å². The van der Waals surface area contributed by atoms with E-state index in [4.69, 9.17) is 0 Å². The van der Waals surface area contributed by atoms with Crippen molar-refractivity contribution in [1.29, 1.82) is 0 Å². The molecule has 1 aromatic rings. The van der Waals surface area contributed by atoms with Crippen LogP contribution >= 0.6 is 15.9 Å². The molecule has 0 bridgehead atoms. The van der Waals surface area contributed by atoms with Gasteiger partial charge in [-0.15, -0.1) is 10.2 Å². The van der Waals surface area contributed by atoms with Gasteiger partial charge in [0.05, 0.1) is 0 Å². The van der Waals surface area contributed by atoms with Crippen molar-refractivity contribution in [2.24, 2.45) is 0 Å². The average Bonchev–Trinajstić information content (AvgIpc) is 2.47. The first kappa shape index (κ1) is 9.86. The lowest BCUT2D eigenvalue weighted by Crippen LogP contribution is -2.28. The molecule has 4 nitrogen and oxygen atoms in total. The highest BCUT2D eigenvalue weighted by atomic mass is 79.9. The van der Waals surface area contributed by atoms with E-state index in [0.29, 0.717) is 0 Å². The SMILES string of the molecule is Brc1ccc(N2CCCNCC2)nn1. The quantitative estimate of drug-likeness (QED) is 0.816. The highest BCUT2D eigenvalue weighted by molar-refractivity contribution is 9.10. The minimum absolute atomic E-state index is 0.786. The van der Waals surface area contributed by atoms with E-state index in [1.807, 2.05) is 12.1 Å². The van der Waals surface area contributed by atoms with E-state index in [1.165, 1.54) is 0 Å². The van der Waals surface area contributed by atoms with Crippen LogP contribution in [0.15, 0.2) is 16.7 Å². The Labute approximate surface area is 91.8 Å². The number of hydrogen-bond donors (Lipinski definition) is 1. The molecule has 2 rings (SSSR count). The predicted molar refractivity (Wildman–Crippen MR) is 59.4 cm³/mol. The van der Waals surface area contributed by atoms with Crippen LogP contribution in [0.5, 0.6) is 0 Å². The fourth-order valence-electron chi connectivity index (χ4n) is 1.55. The summed E-state index contributed by atoms with van der Waals surface area (Å²) in [6.45, 7) is 4.19. The molecule has 0 radical (unpaired) electrons. The summed E-state index contributed by atoms with van der Waals surface area (Å²) in [6.07, 6.45) is 1.16. The molecule has 0 unspecified atom stereocenters. The summed E-state index contributed by atoms with van der Waals surface area (Å²) in [5.74, 6) is 0.969. The van der Waals surface area contributed by atoms with Crippen LogP contribution in [-0.4, -0.2) is 36.4 Å². The molecule has 0 aliphatic carbocycles. The van der Waals surface area contributed by atoms with Gasteiger partial charge < -0.3 is 10.2 Å². The Morgan fingerprint density at radius 1 is 1.21 bits per heavy atom. The summed E-state index contributed by atoms with van der Waals surface area (Å²) in [5.41, 5.74) is 0. The van der Waals surface area contributed by atoms with Crippen LogP contribution in [0.1, 0.15) is 6.42 Å². The average molecular weight is 257 g/mol. The smallest absolute Gasteiger partial charge is 0.151 e. The third-order valence-electron chi connectivity index (χ3n) is 2.28. The van der Waals surface area contributed by atoms with Gasteiger partial charge in [0.1, 0.15) is 4.60 Å². The molecule has 1 N–H and O–H groups in total. The molecule has 1 fully saturated rings. The van der Waals surface area contributed by atoms with Crippen molar-refractivity contribution in [3.63, 3.8) is 0 Å². The maximum absolute atomic E-state index is 4.14. The molecule has 0 atom stereocenters. The molecule has 0 aromatic carbocycles. The number of anilines is 1. The van der Waals surface area contributed by atoms with Gasteiger partial charge in [-0.05, 0) is 41.0 Å². The molecule has 0 saturated carbocycles. The van der Waals surface area contributed by atoms with E-state index in [-0.39, 0.29) is 0 Å². The highest BCUT2D eigenvalue weighted by Crippen LogP contribution is 2.12. The number of nitrogens with zero attached hydrogens (tertiary/aromatic N) is 3. The van der Waals surface area contributed by atoms with Gasteiger partial charge in [0.15, 0.2) is 5.82 Å². The van der Waals surface area contributed by atoms with E-state index in [9.17, 15) is 0 Å². The summed E-state index contributed by atoms with van der Waals surface area (Å²) in [6, 6.07) is 3.93. The molecule has 0 spiro atoms. The molecule has 5 heteroatoms. The Bertz CT molecular complexity index is 279. The van der Waals surface area contributed by atoms with Crippen molar-refractivity contribution >= 4 is 21.7 Å². The van der Waals surface area contributed by atoms with Crippen LogP contribution in [0.25, 0.3) is 0 Å². The molecule has 1 aliphatic heterocycles. The monoisotopic (exact) mass is 256 g/mol. The summed E-state index contributed by atoms with van der Waals surface area (Å²) >= 11 is 3.28. The summed E-state index contributed by atoms with van der Waals surface area (Å²) in [7, 11) is 0. The second-order valence-electron chi connectivity index (χ2n) is 3.30. The summed E-state index contributed by atoms with van der Waals surface area (Å²) < 4.78 is 0.786. The van der Waals surface area contributed by atoms with Crippen molar-refractivity contribution in [2.45, 2.75) is 6.42 Å². The zero-order valence-corrected chi connectivity index (χ0v) is 9.50. The number of hydrogen-bond acceptors (Lipinski definition) is 4. The second-order valence-corrected chi connectivity index (χ2v) is 4.12. The number of halogens is 1. The molecule has 2 heterocycles. The van der Waals surface area contributed by atoms with Gasteiger partial charge in [0.2, 0.25) is 0 Å². The van der Waals surface area contributed by atoms with Crippen molar-refractivity contribution in [3.05, 3.63) is 16.7 Å². The fourth-order valence-corrected chi connectivity index (χ4v) is 1.76. The maximum atomic E-state index is 4.14. The third kappa shape index (κ3) is 2.42. The normalized spacial score (nSPS) is 17.9. The van der Waals surface area contributed by atoms with Crippen LogP contribution in [0.2, 0.25) is 0 Å². The van der Waals surface area contributed by atoms with Gasteiger partial charge in [-0.2, -0.15) is 0 Å². The first-order valence-corrected chi connectivity index (χ1v) is 5.60. The van der Waals surface area contributed by atoms with E-state index >= 15 is 0 Å².